The van der Waals surface area contributed by atoms with Gasteiger partial charge in [-0.05, 0) is 80.5 Å². The van der Waals surface area contributed by atoms with Crippen molar-refractivity contribution in [1.29, 1.82) is 0 Å². The standard InChI is InChI=1S/C33H40N4O3/c1-8-26-19-37(17-24-11-9-10-21(3)31(24)40-26)18-25-16-23(13-12-20(25)2)29(33(5,6)32(38)39)27-14-15-28-30(22(27)4)34-35-36(28)7/h9-16,26,29H,8,17-19H2,1-7H3,(H,38,39)/t26-,29?/m1/s1. The predicted molar refractivity (Wildman–Crippen MR) is 158 cm³/mol. The van der Waals surface area contributed by atoms with Crippen LogP contribution < -0.4 is 4.74 Å². The van der Waals surface area contributed by atoms with E-state index in [2.05, 4.69) is 72.4 Å². The number of carbonyl (C=O) groups is 1. The summed E-state index contributed by atoms with van der Waals surface area (Å²) >= 11 is 0. The zero-order valence-corrected chi connectivity index (χ0v) is 24.7. The van der Waals surface area contributed by atoms with Crippen LogP contribution in [0.4, 0.5) is 0 Å². The molecule has 40 heavy (non-hydrogen) atoms. The topological polar surface area (TPSA) is 80.5 Å². The second kappa shape index (κ2) is 10.7. The van der Waals surface area contributed by atoms with Crippen molar-refractivity contribution in [2.75, 3.05) is 6.54 Å². The zero-order chi connectivity index (χ0) is 28.8. The second-order valence-electron chi connectivity index (χ2n) is 11.9. The van der Waals surface area contributed by atoms with Gasteiger partial charge in [-0.25, -0.2) is 4.68 Å². The summed E-state index contributed by atoms with van der Waals surface area (Å²) in [5.74, 6) is -0.184. The summed E-state index contributed by atoms with van der Waals surface area (Å²) in [6, 6.07) is 16.9. The summed E-state index contributed by atoms with van der Waals surface area (Å²) in [6.45, 7) is 14.5. The molecule has 5 rings (SSSR count). The van der Waals surface area contributed by atoms with Crippen molar-refractivity contribution in [3.05, 3.63) is 87.5 Å². The summed E-state index contributed by atoms with van der Waals surface area (Å²) in [4.78, 5) is 15.1. The number of carboxylic acids is 1. The van der Waals surface area contributed by atoms with Crippen LogP contribution in [0.3, 0.4) is 0 Å². The number of benzene rings is 3. The molecule has 0 aliphatic carbocycles. The van der Waals surface area contributed by atoms with Crippen molar-refractivity contribution in [1.82, 2.24) is 19.9 Å². The molecule has 0 spiro atoms. The molecule has 0 radical (unpaired) electrons. The highest BCUT2D eigenvalue weighted by molar-refractivity contribution is 5.81. The average Bonchev–Trinajstić information content (AvgIpc) is 3.18. The van der Waals surface area contributed by atoms with Gasteiger partial charge in [0.1, 0.15) is 17.4 Å². The van der Waals surface area contributed by atoms with Crippen molar-refractivity contribution >= 4 is 17.0 Å². The van der Waals surface area contributed by atoms with E-state index in [4.69, 9.17) is 4.74 Å². The molecule has 0 saturated carbocycles. The molecule has 0 fully saturated rings. The van der Waals surface area contributed by atoms with Crippen LogP contribution in [-0.4, -0.2) is 43.6 Å². The molecule has 1 aromatic heterocycles. The van der Waals surface area contributed by atoms with Crippen LogP contribution >= 0.6 is 0 Å². The Kier molecular flexibility index (Phi) is 7.44. The Hall–Kier alpha value is -3.71. The Morgan fingerprint density at radius 3 is 2.62 bits per heavy atom. The smallest absolute Gasteiger partial charge is 0.310 e. The van der Waals surface area contributed by atoms with Gasteiger partial charge in [0.2, 0.25) is 0 Å². The fraction of sp³-hybridized carbons (Fsp3) is 0.424. The van der Waals surface area contributed by atoms with Crippen molar-refractivity contribution in [2.45, 2.75) is 73.1 Å². The molecule has 0 amide bonds. The molecule has 1 N–H and O–H groups in total. The second-order valence-corrected chi connectivity index (χ2v) is 11.9. The number of hydrogen-bond donors (Lipinski definition) is 1. The molecule has 1 aliphatic rings. The molecule has 1 unspecified atom stereocenters. The van der Waals surface area contributed by atoms with Crippen LogP contribution in [0, 0.1) is 26.2 Å². The molecule has 2 atom stereocenters. The molecule has 3 aromatic carbocycles. The first kappa shape index (κ1) is 27.8. The molecule has 0 saturated heterocycles. The lowest BCUT2D eigenvalue weighted by atomic mass is 9.69. The molecule has 210 valence electrons. The van der Waals surface area contributed by atoms with Crippen LogP contribution in [0.2, 0.25) is 0 Å². The van der Waals surface area contributed by atoms with Crippen molar-refractivity contribution < 1.29 is 14.6 Å². The number of hydrogen-bond acceptors (Lipinski definition) is 5. The summed E-state index contributed by atoms with van der Waals surface area (Å²) in [5, 5.41) is 19.0. The van der Waals surface area contributed by atoms with Gasteiger partial charge in [-0.15, -0.1) is 5.10 Å². The summed E-state index contributed by atoms with van der Waals surface area (Å²) in [6.07, 6.45) is 1.05. The van der Waals surface area contributed by atoms with Crippen molar-refractivity contribution in [2.24, 2.45) is 12.5 Å². The largest absolute Gasteiger partial charge is 0.488 e. The van der Waals surface area contributed by atoms with Gasteiger partial charge in [0.05, 0.1) is 10.9 Å². The Labute approximate surface area is 236 Å². The number of aliphatic carboxylic acids is 1. The highest BCUT2D eigenvalue weighted by atomic mass is 16.5. The molecule has 1 aliphatic heterocycles. The highest BCUT2D eigenvalue weighted by Crippen LogP contribution is 2.44. The first-order valence-electron chi connectivity index (χ1n) is 14.1. The molecular formula is C33H40N4O3. The van der Waals surface area contributed by atoms with E-state index in [-0.39, 0.29) is 12.0 Å². The predicted octanol–water partition coefficient (Wildman–Crippen LogP) is 6.31. The molecule has 0 bridgehead atoms. The normalized spacial score (nSPS) is 16.8. The van der Waals surface area contributed by atoms with Gasteiger partial charge in [0.15, 0.2) is 0 Å². The third-order valence-corrected chi connectivity index (χ3v) is 8.65. The zero-order valence-electron chi connectivity index (χ0n) is 24.7. The lowest BCUT2D eigenvalue weighted by molar-refractivity contribution is -0.147. The Balaban J connectivity index is 1.56. The third-order valence-electron chi connectivity index (χ3n) is 8.65. The highest BCUT2D eigenvalue weighted by Gasteiger charge is 2.40. The van der Waals surface area contributed by atoms with Crippen LogP contribution in [0.25, 0.3) is 11.0 Å². The number of rotatable bonds is 7. The summed E-state index contributed by atoms with van der Waals surface area (Å²) in [5.41, 5.74) is 8.40. The van der Waals surface area contributed by atoms with Gasteiger partial charge in [0, 0.05) is 38.2 Å². The van der Waals surface area contributed by atoms with E-state index in [0.717, 1.165) is 59.5 Å². The van der Waals surface area contributed by atoms with Gasteiger partial charge >= 0.3 is 5.97 Å². The Morgan fingerprint density at radius 2 is 1.90 bits per heavy atom. The van der Waals surface area contributed by atoms with E-state index >= 15 is 0 Å². The minimum Gasteiger partial charge on any atom is -0.488 e. The van der Waals surface area contributed by atoms with Gasteiger partial charge < -0.3 is 9.84 Å². The van der Waals surface area contributed by atoms with Crippen molar-refractivity contribution in [3.63, 3.8) is 0 Å². The van der Waals surface area contributed by atoms with Gasteiger partial charge in [0.25, 0.3) is 0 Å². The van der Waals surface area contributed by atoms with Crippen molar-refractivity contribution in [3.8, 4) is 5.75 Å². The number of aromatic nitrogens is 3. The minimum atomic E-state index is -1.05. The molecule has 2 heterocycles. The number of para-hydroxylation sites is 1. The number of fused-ring (bicyclic) bond motifs is 2. The van der Waals surface area contributed by atoms with E-state index in [9.17, 15) is 9.90 Å². The molecule has 4 aromatic rings. The lowest BCUT2D eigenvalue weighted by Crippen LogP contribution is -2.33. The van der Waals surface area contributed by atoms with Crippen LogP contribution in [-0.2, 0) is 24.9 Å². The van der Waals surface area contributed by atoms with Gasteiger partial charge in [-0.3, -0.25) is 9.69 Å². The van der Waals surface area contributed by atoms with E-state index in [0.29, 0.717) is 0 Å². The maximum absolute atomic E-state index is 12.7. The van der Waals surface area contributed by atoms with E-state index in [1.54, 1.807) is 4.68 Å². The fourth-order valence-electron chi connectivity index (χ4n) is 6.09. The lowest BCUT2D eigenvalue weighted by Gasteiger charge is -2.33. The number of carboxylic acid groups (broad SMARTS) is 1. The quantitative estimate of drug-likeness (QED) is 0.296. The number of nitrogens with zero attached hydrogens (tertiary/aromatic N) is 4. The Morgan fingerprint density at radius 1 is 1.12 bits per heavy atom. The molecule has 7 nitrogen and oxygen atoms in total. The van der Waals surface area contributed by atoms with E-state index < -0.39 is 11.4 Å². The SMILES string of the molecule is CC[C@@H]1CN(Cc2cc(C(c3ccc4c(nnn4C)c3C)C(C)(C)C(=O)O)ccc2C)Cc2cccc(C)c2O1. The third kappa shape index (κ3) is 4.99. The van der Waals surface area contributed by atoms with Crippen LogP contribution in [0.5, 0.6) is 5.75 Å². The monoisotopic (exact) mass is 540 g/mol. The molecule has 7 heteroatoms. The number of aryl methyl sites for hydroxylation is 4. The fourth-order valence-corrected chi connectivity index (χ4v) is 6.09. The van der Waals surface area contributed by atoms with Gasteiger partial charge in [-0.2, -0.15) is 0 Å². The Bertz CT molecular complexity index is 1570. The van der Waals surface area contributed by atoms with Crippen LogP contribution in [0.15, 0.2) is 48.5 Å². The molecular weight excluding hydrogens is 500 g/mol. The van der Waals surface area contributed by atoms with E-state index in [1.165, 1.54) is 22.3 Å². The summed E-state index contributed by atoms with van der Waals surface area (Å²) < 4.78 is 8.21. The first-order valence-corrected chi connectivity index (χ1v) is 14.1. The minimum absolute atomic E-state index is 0.117. The average molecular weight is 541 g/mol. The summed E-state index contributed by atoms with van der Waals surface area (Å²) in [7, 11) is 1.87. The maximum atomic E-state index is 12.7. The maximum Gasteiger partial charge on any atom is 0.310 e. The van der Waals surface area contributed by atoms with Crippen LogP contribution in [0.1, 0.15) is 72.1 Å². The van der Waals surface area contributed by atoms with Gasteiger partial charge in [-0.1, -0.05) is 54.6 Å². The van der Waals surface area contributed by atoms with E-state index in [1.807, 2.05) is 40.0 Å². The first-order chi connectivity index (χ1) is 19.0. The number of ether oxygens (including phenoxy) is 1.